The normalized spacial score (nSPS) is 10.5. The molecule has 1 N–H and O–H groups in total. The summed E-state index contributed by atoms with van der Waals surface area (Å²) in [5.41, 5.74) is 1.60. The molecule has 3 aromatic rings. The third-order valence-corrected chi connectivity index (χ3v) is 4.06. The lowest BCUT2D eigenvalue weighted by Gasteiger charge is -2.12. The van der Waals surface area contributed by atoms with E-state index in [-0.39, 0.29) is 5.56 Å². The number of anilines is 1. The van der Waals surface area contributed by atoms with Crippen molar-refractivity contribution in [2.24, 2.45) is 0 Å². The zero-order valence-corrected chi connectivity index (χ0v) is 14.5. The molecule has 1 aromatic heterocycles. The molecule has 0 bridgehead atoms. The van der Waals surface area contributed by atoms with Crippen LogP contribution < -0.4 is 15.6 Å². The molecule has 0 spiro atoms. The van der Waals surface area contributed by atoms with Crippen molar-refractivity contribution in [3.05, 3.63) is 81.9 Å². The van der Waals surface area contributed by atoms with Gasteiger partial charge in [0.2, 0.25) is 0 Å². The maximum atomic E-state index is 12.7. The van der Waals surface area contributed by atoms with E-state index < -0.39 is 0 Å². The second-order valence-corrected chi connectivity index (χ2v) is 5.86. The lowest BCUT2D eigenvalue weighted by Crippen LogP contribution is -2.24. The molecule has 0 saturated heterocycles. The number of rotatable bonds is 6. The molecule has 1 heterocycles. The van der Waals surface area contributed by atoms with Gasteiger partial charge in [0, 0.05) is 24.0 Å². The third kappa shape index (κ3) is 4.00. The highest BCUT2D eigenvalue weighted by Crippen LogP contribution is 2.20. The van der Waals surface area contributed by atoms with E-state index >= 15 is 0 Å². The van der Waals surface area contributed by atoms with E-state index in [4.69, 9.17) is 16.3 Å². The van der Waals surface area contributed by atoms with Crippen LogP contribution in [-0.4, -0.2) is 23.2 Å². The maximum Gasteiger partial charge on any atom is 0.297 e. The minimum absolute atomic E-state index is 0.219. The molecule has 0 unspecified atom stereocenters. The van der Waals surface area contributed by atoms with Crippen LogP contribution in [0.4, 0.5) is 5.82 Å². The van der Waals surface area contributed by atoms with E-state index in [0.29, 0.717) is 28.8 Å². The van der Waals surface area contributed by atoms with Crippen molar-refractivity contribution in [2.75, 3.05) is 19.0 Å². The smallest absolute Gasteiger partial charge is 0.297 e. The first-order valence-corrected chi connectivity index (χ1v) is 8.26. The van der Waals surface area contributed by atoms with Gasteiger partial charge < -0.3 is 10.1 Å². The molecule has 0 radical (unpaired) electrons. The monoisotopic (exact) mass is 355 g/mol. The molecule has 2 aromatic carbocycles. The molecule has 25 heavy (non-hydrogen) atoms. The molecule has 3 rings (SSSR count). The van der Waals surface area contributed by atoms with Crippen LogP contribution in [-0.2, 0) is 6.42 Å². The van der Waals surface area contributed by atoms with Crippen molar-refractivity contribution in [1.29, 1.82) is 0 Å². The Morgan fingerprint density at radius 2 is 1.92 bits per heavy atom. The van der Waals surface area contributed by atoms with Crippen molar-refractivity contribution in [2.45, 2.75) is 6.42 Å². The lowest BCUT2D eigenvalue weighted by molar-refractivity contribution is 0.412. The molecule has 0 aliphatic heterocycles. The second-order valence-electron chi connectivity index (χ2n) is 5.43. The van der Waals surface area contributed by atoms with Gasteiger partial charge in [-0.05, 0) is 36.2 Å². The fourth-order valence-electron chi connectivity index (χ4n) is 2.53. The zero-order valence-electron chi connectivity index (χ0n) is 13.8. The Kier molecular flexibility index (Phi) is 5.36. The van der Waals surface area contributed by atoms with Crippen molar-refractivity contribution < 1.29 is 4.74 Å². The Hall–Kier alpha value is -2.79. The van der Waals surface area contributed by atoms with E-state index in [1.807, 2.05) is 48.5 Å². The van der Waals surface area contributed by atoms with E-state index in [0.717, 1.165) is 12.0 Å². The average Bonchev–Trinajstić information content (AvgIpc) is 2.65. The highest BCUT2D eigenvalue weighted by molar-refractivity contribution is 6.30. The second kappa shape index (κ2) is 7.85. The van der Waals surface area contributed by atoms with Gasteiger partial charge in [-0.15, -0.1) is 0 Å². The summed E-state index contributed by atoms with van der Waals surface area (Å²) in [6, 6.07) is 15.0. The van der Waals surface area contributed by atoms with Crippen LogP contribution in [0.2, 0.25) is 5.02 Å². The summed E-state index contributed by atoms with van der Waals surface area (Å²) in [6.07, 6.45) is 3.99. The van der Waals surface area contributed by atoms with E-state index in [9.17, 15) is 4.79 Å². The molecule has 0 atom stereocenters. The zero-order chi connectivity index (χ0) is 17.6. The van der Waals surface area contributed by atoms with Crippen molar-refractivity contribution >= 4 is 17.4 Å². The molecule has 5 nitrogen and oxygen atoms in total. The fraction of sp³-hybridized carbons (Fsp3) is 0.158. The summed E-state index contributed by atoms with van der Waals surface area (Å²) < 4.78 is 6.86. The van der Waals surface area contributed by atoms with Crippen LogP contribution >= 0.6 is 11.6 Å². The standard InChI is InChI=1S/C19H18ClN3O2/c1-25-17-5-3-2-4-16(17)23-13-12-22-18(19(23)24)21-11-10-14-6-8-15(20)9-7-14/h2-9,12-13H,10-11H2,1H3,(H,21,22). The van der Waals surface area contributed by atoms with Crippen molar-refractivity contribution in [3.63, 3.8) is 0 Å². The minimum atomic E-state index is -0.219. The molecule has 128 valence electrons. The summed E-state index contributed by atoms with van der Waals surface area (Å²) in [5, 5.41) is 3.81. The topological polar surface area (TPSA) is 56.1 Å². The predicted octanol–water partition coefficient (Wildman–Crippen LogP) is 3.55. The molecule has 0 aliphatic rings. The lowest BCUT2D eigenvalue weighted by atomic mass is 10.1. The average molecular weight is 356 g/mol. The summed E-state index contributed by atoms with van der Waals surface area (Å²) in [4.78, 5) is 16.8. The van der Waals surface area contributed by atoms with Gasteiger partial charge in [0.05, 0.1) is 12.8 Å². The van der Waals surface area contributed by atoms with Gasteiger partial charge in [0.15, 0.2) is 5.82 Å². The van der Waals surface area contributed by atoms with Gasteiger partial charge in [-0.1, -0.05) is 35.9 Å². The minimum Gasteiger partial charge on any atom is -0.495 e. The van der Waals surface area contributed by atoms with Crippen molar-refractivity contribution in [1.82, 2.24) is 9.55 Å². The molecule has 0 amide bonds. The van der Waals surface area contributed by atoms with Crippen LogP contribution in [0.3, 0.4) is 0 Å². The molecule has 0 saturated carbocycles. The van der Waals surface area contributed by atoms with Gasteiger partial charge >= 0.3 is 0 Å². The van der Waals surface area contributed by atoms with E-state index in [1.54, 1.807) is 19.5 Å². The van der Waals surface area contributed by atoms with Gasteiger partial charge in [-0.25, -0.2) is 4.98 Å². The summed E-state index contributed by atoms with van der Waals surface area (Å²) >= 11 is 5.88. The number of nitrogens with one attached hydrogen (secondary N) is 1. The number of hydrogen-bond acceptors (Lipinski definition) is 4. The number of para-hydroxylation sites is 2. The van der Waals surface area contributed by atoms with E-state index in [2.05, 4.69) is 10.3 Å². The number of hydrogen-bond donors (Lipinski definition) is 1. The van der Waals surface area contributed by atoms with Crippen LogP contribution in [0.5, 0.6) is 5.75 Å². The third-order valence-electron chi connectivity index (χ3n) is 3.80. The Morgan fingerprint density at radius 3 is 2.68 bits per heavy atom. The number of nitrogens with zero attached hydrogens (tertiary/aromatic N) is 2. The summed E-state index contributed by atoms with van der Waals surface area (Å²) in [5.74, 6) is 0.935. The molecule has 0 aliphatic carbocycles. The SMILES string of the molecule is COc1ccccc1-n1ccnc(NCCc2ccc(Cl)cc2)c1=O. The summed E-state index contributed by atoms with van der Waals surface area (Å²) in [7, 11) is 1.58. The first kappa shape index (κ1) is 17.0. The van der Waals surface area contributed by atoms with Crippen LogP contribution in [0.15, 0.2) is 65.7 Å². The Bertz CT molecular complexity index is 907. The van der Waals surface area contributed by atoms with Crippen molar-refractivity contribution in [3.8, 4) is 11.4 Å². The largest absolute Gasteiger partial charge is 0.495 e. The number of aromatic nitrogens is 2. The summed E-state index contributed by atoms with van der Waals surface area (Å²) in [6.45, 7) is 0.597. The molecular weight excluding hydrogens is 338 g/mol. The van der Waals surface area contributed by atoms with Crippen LogP contribution in [0, 0.1) is 0 Å². The highest BCUT2D eigenvalue weighted by Gasteiger charge is 2.09. The van der Waals surface area contributed by atoms with Gasteiger partial charge in [0.25, 0.3) is 5.56 Å². The van der Waals surface area contributed by atoms with Crippen LogP contribution in [0.25, 0.3) is 5.69 Å². The Morgan fingerprint density at radius 1 is 1.16 bits per heavy atom. The first-order chi connectivity index (χ1) is 12.2. The molecule has 6 heteroatoms. The maximum absolute atomic E-state index is 12.7. The molecule has 0 fully saturated rings. The number of halogens is 1. The number of benzene rings is 2. The Balaban J connectivity index is 1.77. The highest BCUT2D eigenvalue weighted by atomic mass is 35.5. The van der Waals surface area contributed by atoms with Gasteiger partial charge in [-0.3, -0.25) is 9.36 Å². The number of ether oxygens (including phenoxy) is 1. The Labute approximate surface area is 150 Å². The van der Waals surface area contributed by atoms with Crippen LogP contribution in [0.1, 0.15) is 5.56 Å². The van der Waals surface area contributed by atoms with Gasteiger partial charge in [-0.2, -0.15) is 0 Å². The first-order valence-electron chi connectivity index (χ1n) is 7.88. The number of methoxy groups -OCH3 is 1. The fourth-order valence-corrected chi connectivity index (χ4v) is 2.65. The quantitative estimate of drug-likeness (QED) is 0.734. The van der Waals surface area contributed by atoms with Gasteiger partial charge in [0.1, 0.15) is 5.75 Å². The predicted molar refractivity (Wildman–Crippen MR) is 100 cm³/mol. The van der Waals surface area contributed by atoms with E-state index in [1.165, 1.54) is 4.57 Å². The molecular formula is C19H18ClN3O2.